The molecule has 0 bridgehead atoms. The molecule has 2 N–H and O–H groups in total. The number of rotatable bonds is 6. The van der Waals surface area contributed by atoms with Crippen LogP contribution in [0.1, 0.15) is 149 Å². The van der Waals surface area contributed by atoms with E-state index in [-0.39, 0.29) is 0 Å². The summed E-state index contributed by atoms with van der Waals surface area (Å²) in [5.74, 6) is 0.625. The summed E-state index contributed by atoms with van der Waals surface area (Å²) in [5, 5.41) is 10.7. The maximum Gasteiger partial charge on any atom is 0.0390 e. The average Bonchev–Trinajstić information content (AvgIpc) is 3.24. The maximum atomic E-state index is 6.09. The highest BCUT2D eigenvalue weighted by Gasteiger charge is 2.18. The lowest BCUT2D eigenvalue weighted by Crippen LogP contribution is -2.34. The highest BCUT2D eigenvalue weighted by atomic mass is 14.5. The molecule has 4 aromatic rings. The van der Waals surface area contributed by atoms with Gasteiger partial charge in [-0.15, -0.1) is 0 Å². The van der Waals surface area contributed by atoms with Crippen molar-refractivity contribution < 1.29 is 0 Å². The number of aryl methyl sites for hydroxylation is 5. The van der Waals surface area contributed by atoms with Crippen LogP contribution in [-0.4, -0.2) is 0 Å². The first kappa shape index (κ1) is 48.5. The van der Waals surface area contributed by atoms with E-state index < -0.39 is 0 Å². The van der Waals surface area contributed by atoms with E-state index in [1.807, 2.05) is 13.0 Å². The molecule has 0 fully saturated rings. The van der Waals surface area contributed by atoms with E-state index in [2.05, 4.69) is 195 Å². The molecule has 0 aromatic heterocycles. The molecule has 1 aliphatic carbocycles. The van der Waals surface area contributed by atoms with Crippen molar-refractivity contribution in [2.75, 3.05) is 5.73 Å². The van der Waals surface area contributed by atoms with Crippen LogP contribution in [0.3, 0.4) is 0 Å². The Bertz CT molecular complexity index is 2400. The number of hydrogen-bond acceptors (Lipinski definition) is 1. The minimum atomic E-state index is 0.625. The first-order valence-corrected chi connectivity index (χ1v) is 21.8. The first-order valence-electron chi connectivity index (χ1n) is 21.8. The Balaban J connectivity index is 0.000000272. The highest BCUT2D eigenvalue weighted by molar-refractivity contribution is 5.91. The van der Waals surface area contributed by atoms with Crippen molar-refractivity contribution in [3.8, 4) is 0 Å². The second-order valence-electron chi connectivity index (χ2n) is 15.0. The summed E-state index contributed by atoms with van der Waals surface area (Å²) in [6.45, 7) is 34.5. The summed E-state index contributed by atoms with van der Waals surface area (Å²) in [5.41, 5.74) is 19.8. The fourth-order valence-electron chi connectivity index (χ4n) is 8.38. The van der Waals surface area contributed by atoms with Crippen LogP contribution in [-0.2, 0) is 12.8 Å². The Hall–Kier alpha value is -4.62. The zero-order valence-electron chi connectivity index (χ0n) is 38.9. The summed E-state index contributed by atoms with van der Waals surface area (Å²) in [6, 6.07) is 15.6. The quantitative estimate of drug-likeness (QED) is 0.154. The molecule has 0 radical (unpaired) electrons. The molecule has 0 spiro atoms. The van der Waals surface area contributed by atoms with E-state index in [1.54, 1.807) is 5.57 Å². The van der Waals surface area contributed by atoms with Crippen molar-refractivity contribution in [2.24, 2.45) is 0 Å². The number of hydrogen-bond donors (Lipinski definition) is 1. The smallest absolute Gasteiger partial charge is 0.0390 e. The largest absolute Gasteiger partial charge is 0.398 e. The van der Waals surface area contributed by atoms with Gasteiger partial charge in [0.15, 0.2) is 0 Å². The summed E-state index contributed by atoms with van der Waals surface area (Å²) >= 11 is 0. The lowest BCUT2D eigenvalue weighted by atomic mass is 9.82. The number of allylic oxidation sites excluding steroid dienone is 6. The van der Waals surface area contributed by atoms with Gasteiger partial charge in [-0.2, -0.15) is 0 Å². The molecule has 1 atom stereocenters. The van der Waals surface area contributed by atoms with E-state index in [4.69, 9.17) is 5.73 Å². The third-order valence-electron chi connectivity index (χ3n) is 11.8. The fraction of sp³-hybridized carbons (Fsp3) is 0.393. The molecule has 1 heteroatoms. The molecule has 4 aromatic carbocycles. The lowest BCUT2D eigenvalue weighted by molar-refractivity contribution is 0.721. The molecule has 0 heterocycles. The Kier molecular flexibility index (Phi) is 20.6. The van der Waals surface area contributed by atoms with E-state index in [0.717, 1.165) is 36.6 Å². The number of nitrogen functional groups attached to an aromatic ring is 1. The van der Waals surface area contributed by atoms with Gasteiger partial charge in [-0.05, 0) is 190 Å². The maximum absolute atomic E-state index is 6.09. The zero-order chi connectivity index (χ0) is 42.8. The van der Waals surface area contributed by atoms with Crippen LogP contribution in [0.25, 0.3) is 47.2 Å². The van der Waals surface area contributed by atoms with Gasteiger partial charge in [0, 0.05) is 16.8 Å². The highest BCUT2D eigenvalue weighted by Crippen LogP contribution is 2.29. The standard InChI is InChI=1S/C18H24.C17H21N.C12H16.C9H16/c1-5-13-9-11-18-16(8-4)14(6-2)10-12-17(18)15(13)7-3;1-5-12-10-11(4)17-14(7-3)16(18)9-8-15(17)13(12)6-2;1-5-11-7-10(4)12(6-2)8-9(11)3;1-5-8(4)9(6-2)7-3/h7,9-12,16H,5-6,8H2,1-4H3;6-10H,5,18H2,1-4H3;5-8H,1-4H3;5-6H,7H2,1-4H3/b15-7+;13-6+,14-7-;11-5-,12-6-;8-5-,9-6-. The monoisotopic (exact) mass is 764 g/mol. The van der Waals surface area contributed by atoms with Crippen LogP contribution in [0.4, 0.5) is 5.69 Å². The summed E-state index contributed by atoms with van der Waals surface area (Å²) in [6.07, 6.45) is 25.6. The van der Waals surface area contributed by atoms with Crippen molar-refractivity contribution in [2.45, 2.75) is 149 Å². The summed E-state index contributed by atoms with van der Waals surface area (Å²) in [4.78, 5) is 0. The van der Waals surface area contributed by atoms with Crippen molar-refractivity contribution in [1.29, 1.82) is 0 Å². The predicted molar refractivity (Wildman–Crippen MR) is 262 cm³/mol. The lowest BCUT2D eigenvalue weighted by Gasteiger charge is -2.23. The topological polar surface area (TPSA) is 26.0 Å². The van der Waals surface area contributed by atoms with Gasteiger partial charge in [0.05, 0.1) is 0 Å². The van der Waals surface area contributed by atoms with Crippen molar-refractivity contribution >= 4 is 52.9 Å². The first-order chi connectivity index (χ1) is 27.3. The molecule has 1 unspecified atom stereocenters. The van der Waals surface area contributed by atoms with Gasteiger partial charge in [-0.3, -0.25) is 0 Å². The van der Waals surface area contributed by atoms with Crippen LogP contribution < -0.4 is 37.0 Å². The molecule has 0 aliphatic heterocycles. The molecule has 1 nitrogen and oxygen atoms in total. The molecular weight excluding hydrogens is 687 g/mol. The van der Waals surface area contributed by atoms with E-state index in [9.17, 15) is 0 Å². The van der Waals surface area contributed by atoms with Gasteiger partial charge in [0.1, 0.15) is 0 Å². The van der Waals surface area contributed by atoms with Gasteiger partial charge < -0.3 is 5.73 Å². The summed E-state index contributed by atoms with van der Waals surface area (Å²) in [7, 11) is 0. The molecule has 57 heavy (non-hydrogen) atoms. The van der Waals surface area contributed by atoms with E-state index in [1.165, 1.54) is 87.8 Å². The fourth-order valence-corrected chi connectivity index (χ4v) is 8.38. The number of nitrogens with two attached hydrogens (primary N) is 1. The normalized spacial score (nSPS) is 15.5. The Morgan fingerprint density at radius 3 is 1.60 bits per heavy atom. The molecule has 1 aliphatic rings. The third-order valence-corrected chi connectivity index (χ3v) is 11.8. The van der Waals surface area contributed by atoms with Gasteiger partial charge in [0.25, 0.3) is 0 Å². The second-order valence-corrected chi connectivity index (χ2v) is 15.0. The van der Waals surface area contributed by atoms with Crippen molar-refractivity contribution in [1.82, 2.24) is 0 Å². The van der Waals surface area contributed by atoms with Crippen LogP contribution in [0.2, 0.25) is 0 Å². The molecule has 0 saturated carbocycles. The number of benzene rings is 4. The molecule has 0 amide bonds. The Morgan fingerprint density at radius 1 is 0.596 bits per heavy atom. The van der Waals surface area contributed by atoms with Gasteiger partial charge in [-0.25, -0.2) is 0 Å². The predicted octanol–water partition coefficient (Wildman–Crippen LogP) is 11.8. The zero-order valence-corrected chi connectivity index (χ0v) is 38.9. The van der Waals surface area contributed by atoms with Crippen LogP contribution in [0.15, 0.2) is 77.4 Å². The second kappa shape index (κ2) is 24.2. The molecule has 0 saturated heterocycles. The van der Waals surface area contributed by atoms with E-state index >= 15 is 0 Å². The van der Waals surface area contributed by atoms with E-state index in [0.29, 0.717) is 5.92 Å². The molecule has 306 valence electrons. The number of anilines is 1. The van der Waals surface area contributed by atoms with Crippen molar-refractivity contribution in [3.63, 3.8) is 0 Å². The number of fused-ring (bicyclic) bond motifs is 2. The van der Waals surface area contributed by atoms with Gasteiger partial charge in [0.2, 0.25) is 0 Å². The van der Waals surface area contributed by atoms with Gasteiger partial charge >= 0.3 is 0 Å². The van der Waals surface area contributed by atoms with Crippen LogP contribution in [0, 0.1) is 20.8 Å². The van der Waals surface area contributed by atoms with Crippen molar-refractivity contribution in [3.05, 3.63) is 142 Å². The van der Waals surface area contributed by atoms with Crippen LogP contribution >= 0.6 is 0 Å². The minimum absolute atomic E-state index is 0.625. The average molecular weight is 764 g/mol. The molecular formula is C56H77N. The van der Waals surface area contributed by atoms with Crippen LogP contribution in [0.5, 0.6) is 0 Å². The Labute approximate surface area is 348 Å². The SMILES string of the molecule is C/C=C(C)\C(=C/C)CC.C/C=c1/cc(C)/c(=C\C)cc1C.C/C=c1\c(CC)cc(C)c2/c(=C\C)c(N)ccc12.C/C=c1\c(CC)ccc2c1=CC=C(CC)C2CC. The minimum Gasteiger partial charge on any atom is -0.398 e. The molecule has 5 rings (SSSR count). The summed E-state index contributed by atoms with van der Waals surface area (Å²) < 4.78 is 0. The Morgan fingerprint density at radius 2 is 1.18 bits per heavy atom. The van der Waals surface area contributed by atoms with Gasteiger partial charge in [-0.1, -0.05) is 137 Å². The third kappa shape index (κ3) is 12.0.